The first-order valence-electron chi connectivity index (χ1n) is 9.95. The zero-order valence-corrected chi connectivity index (χ0v) is 16.1. The molecule has 0 radical (unpaired) electrons. The molecule has 0 bridgehead atoms. The van der Waals surface area contributed by atoms with Gasteiger partial charge in [0.25, 0.3) is 5.91 Å². The molecule has 0 spiro atoms. The number of piperazine rings is 1. The lowest BCUT2D eigenvalue weighted by atomic mass is 10.1. The Morgan fingerprint density at radius 2 is 1.71 bits per heavy atom. The molecule has 1 aliphatic heterocycles. The normalized spacial score (nSPS) is 14.9. The maximum Gasteiger partial charge on any atom is 0.251 e. The van der Waals surface area contributed by atoms with E-state index in [0.717, 1.165) is 61.3 Å². The highest BCUT2D eigenvalue weighted by atomic mass is 16.1. The molecule has 144 valence electrons. The third-order valence-electron chi connectivity index (χ3n) is 5.29. The molecule has 2 aromatic carbocycles. The van der Waals surface area contributed by atoms with Gasteiger partial charge in [-0.2, -0.15) is 0 Å². The van der Waals surface area contributed by atoms with Crippen molar-refractivity contribution < 1.29 is 4.79 Å². The number of amides is 1. The Balaban J connectivity index is 1.19. The van der Waals surface area contributed by atoms with Crippen LogP contribution in [0, 0.1) is 0 Å². The van der Waals surface area contributed by atoms with Gasteiger partial charge in [-0.1, -0.05) is 36.4 Å². The molecule has 4 rings (SSSR count). The maximum atomic E-state index is 12.4. The van der Waals surface area contributed by atoms with Crippen LogP contribution in [-0.2, 0) is 0 Å². The second kappa shape index (κ2) is 8.85. The van der Waals surface area contributed by atoms with Gasteiger partial charge in [0, 0.05) is 44.5 Å². The van der Waals surface area contributed by atoms with Crippen molar-refractivity contribution in [3.63, 3.8) is 0 Å². The molecule has 0 unspecified atom stereocenters. The van der Waals surface area contributed by atoms with E-state index in [1.165, 1.54) is 0 Å². The van der Waals surface area contributed by atoms with E-state index in [1.54, 1.807) is 0 Å². The summed E-state index contributed by atoms with van der Waals surface area (Å²) < 4.78 is 0. The SMILES string of the molecule is O=C(NCCCN1CCN(c2ccccn2)CC1)c1ccc2ccccc2c1. The monoisotopic (exact) mass is 374 g/mol. The van der Waals surface area contributed by atoms with Crippen molar-refractivity contribution in [3.8, 4) is 0 Å². The molecule has 1 aliphatic rings. The second-order valence-corrected chi connectivity index (χ2v) is 7.19. The first kappa shape index (κ1) is 18.4. The Labute approximate surface area is 166 Å². The van der Waals surface area contributed by atoms with E-state index < -0.39 is 0 Å². The van der Waals surface area contributed by atoms with Crippen molar-refractivity contribution >= 4 is 22.5 Å². The molecular weight excluding hydrogens is 348 g/mol. The topological polar surface area (TPSA) is 48.5 Å². The number of nitrogens with zero attached hydrogens (tertiary/aromatic N) is 3. The smallest absolute Gasteiger partial charge is 0.251 e. The van der Waals surface area contributed by atoms with Crippen LogP contribution in [0.3, 0.4) is 0 Å². The lowest BCUT2D eigenvalue weighted by Crippen LogP contribution is -2.47. The Morgan fingerprint density at radius 1 is 0.929 bits per heavy atom. The van der Waals surface area contributed by atoms with Gasteiger partial charge in [-0.25, -0.2) is 4.98 Å². The average Bonchev–Trinajstić information content (AvgIpc) is 2.77. The molecule has 1 saturated heterocycles. The van der Waals surface area contributed by atoms with Gasteiger partial charge in [0.2, 0.25) is 0 Å². The van der Waals surface area contributed by atoms with Crippen molar-refractivity contribution in [2.24, 2.45) is 0 Å². The van der Waals surface area contributed by atoms with E-state index in [0.29, 0.717) is 6.54 Å². The number of anilines is 1. The zero-order valence-electron chi connectivity index (χ0n) is 16.1. The van der Waals surface area contributed by atoms with Crippen molar-refractivity contribution in [1.29, 1.82) is 0 Å². The molecule has 1 N–H and O–H groups in total. The fourth-order valence-corrected chi connectivity index (χ4v) is 3.68. The Bertz CT molecular complexity index is 920. The number of hydrogen-bond acceptors (Lipinski definition) is 4. The third kappa shape index (κ3) is 4.49. The molecule has 0 saturated carbocycles. The molecule has 0 atom stereocenters. The van der Waals surface area contributed by atoms with Crippen molar-refractivity contribution in [2.75, 3.05) is 44.2 Å². The van der Waals surface area contributed by atoms with E-state index in [9.17, 15) is 4.79 Å². The molecular formula is C23H26N4O. The van der Waals surface area contributed by atoms with Gasteiger partial charge in [0.15, 0.2) is 0 Å². The van der Waals surface area contributed by atoms with Gasteiger partial charge >= 0.3 is 0 Å². The van der Waals surface area contributed by atoms with Crippen LogP contribution >= 0.6 is 0 Å². The van der Waals surface area contributed by atoms with Crippen LogP contribution in [0.1, 0.15) is 16.8 Å². The minimum atomic E-state index is 0.00530. The third-order valence-corrected chi connectivity index (χ3v) is 5.29. The summed E-state index contributed by atoms with van der Waals surface area (Å²) in [5, 5.41) is 5.31. The summed E-state index contributed by atoms with van der Waals surface area (Å²) in [5.41, 5.74) is 0.725. The number of pyridine rings is 1. The fraction of sp³-hybridized carbons (Fsp3) is 0.304. The molecule has 3 aromatic rings. The van der Waals surface area contributed by atoms with Crippen LogP contribution < -0.4 is 10.2 Å². The minimum Gasteiger partial charge on any atom is -0.354 e. The average molecular weight is 374 g/mol. The lowest BCUT2D eigenvalue weighted by Gasteiger charge is -2.35. The Kier molecular flexibility index (Phi) is 5.83. The van der Waals surface area contributed by atoms with Gasteiger partial charge < -0.3 is 10.2 Å². The fourth-order valence-electron chi connectivity index (χ4n) is 3.68. The lowest BCUT2D eigenvalue weighted by molar-refractivity contribution is 0.0951. The molecule has 0 aliphatic carbocycles. The first-order chi connectivity index (χ1) is 13.8. The largest absolute Gasteiger partial charge is 0.354 e. The van der Waals surface area contributed by atoms with Gasteiger partial charge in [-0.15, -0.1) is 0 Å². The number of rotatable bonds is 6. The minimum absolute atomic E-state index is 0.00530. The Hall–Kier alpha value is -2.92. The first-order valence-corrected chi connectivity index (χ1v) is 9.95. The summed E-state index contributed by atoms with van der Waals surface area (Å²) in [4.78, 5) is 21.6. The summed E-state index contributed by atoms with van der Waals surface area (Å²) in [7, 11) is 0. The summed E-state index contributed by atoms with van der Waals surface area (Å²) in [6, 6.07) is 20.0. The van der Waals surface area contributed by atoms with E-state index in [2.05, 4.69) is 32.2 Å². The summed E-state index contributed by atoms with van der Waals surface area (Å²) in [6.45, 7) is 5.78. The second-order valence-electron chi connectivity index (χ2n) is 7.19. The summed E-state index contributed by atoms with van der Waals surface area (Å²) in [6.07, 6.45) is 2.81. The molecule has 1 aromatic heterocycles. The number of carbonyl (C=O) groups is 1. The van der Waals surface area contributed by atoms with Gasteiger partial charge in [0.05, 0.1) is 0 Å². The maximum absolute atomic E-state index is 12.4. The number of benzene rings is 2. The van der Waals surface area contributed by atoms with Crippen molar-refractivity contribution in [2.45, 2.75) is 6.42 Å². The Morgan fingerprint density at radius 3 is 2.50 bits per heavy atom. The van der Waals surface area contributed by atoms with Gasteiger partial charge in [0.1, 0.15) is 5.82 Å². The highest BCUT2D eigenvalue weighted by Gasteiger charge is 2.17. The van der Waals surface area contributed by atoms with Crippen LogP contribution in [0.4, 0.5) is 5.82 Å². The molecule has 28 heavy (non-hydrogen) atoms. The van der Waals surface area contributed by atoms with Crippen LogP contribution in [-0.4, -0.2) is 55.1 Å². The van der Waals surface area contributed by atoms with E-state index in [-0.39, 0.29) is 5.91 Å². The van der Waals surface area contributed by atoms with E-state index >= 15 is 0 Å². The number of aromatic nitrogens is 1. The number of fused-ring (bicyclic) bond motifs is 1. The number of hydrogen-bond donors (Lipinski definition) is 1. The molecule has 1 fully saturated rings. The predicted octanol–water partition coefficient (Wildman–Crippen LogP) is 3.18. The molecule has 5 nitrogen and oxygen atoms in total. The van der Waals surface area contributed by atoms with Crippen molar-refractivity contribution in [1.82, 2.24) is 15.2 Å². The summed E-state index contributed by atoms with van der Waals surface area (Å²) in [5.74, 6) is 1.07. The number of carbonyl (C=O) groups excluding carboxylic acids is 1. The van der Waals surface area contributed by atoms with Crippen LogP contribution in [0.15, 0.2) is 66.9 Å². The van der Waals surface area contributed by atoms with E-state index in [1.807, 2.05) is 54.7 Å². The molecule has 5 heteroatoms. The number of nitrogens with one attached hydrogen (secondary N) is 1. The van der Waals surface area contributed by atoms with Gasteiger partial charge in [-0.3, -0.25) is 9.69 Å². The standard InChI is InChI=1S/C23H26N4O/c28-23(21-10-9-19-6-1-2-7-20(19)18-21)25-12-5-13-26-14-16-27(17-15-26)22-8-3-4-11-24-22/h1-4,6-11,18H,5,12-17H2,(H,25,28). The van der Waals surface area contributed by atoms with Crippen LogP contribution in [0.2, 0.25) is 0 Å². The van der Waals surface area contributed by atoms with Gasteiger partial charge in [-0.05, 0) is 48.0 Å². The molecule has 1 amide bonds. The zero-order chi connectivity index (χ0) is 19.2. The highest BCUT2D eigenvalue weighted by Crippen LogP contribution is 2.16. The summed E-state index contributed by atoms with van der Waals surface area (Å²) >= 11 is 0. The van der Waals surface area contributed by atoms with Crippen LogP contribution in [0.25, 0.3) is 10.8 Å². The quantitative estimate of drug-likeness (QED) is 0.674. The van der Waals surface area contributed by atoms with E-state index in [4.69, 9.17) is 0 Å². The van der Waals surface area contributed by atoms with Crippen molar-refractivity contribution in [3.05, 3.63) is 72.4 Å². The predicted molar refractivity (Wildman–Crippen MR) is 114 cm³/mol. The van der Waals surface area contributed by atoms with Crippen LogP contribution in [0.5, 0.6) is 0 Å². The highest BCUT2D eigenvalue weighted by molar-refractivity contribution is 5.98. The molecule has 2 heterocycles.